The molecule has 1 fully saturated rings. The molecule has 1 saturated heterocycles. The fourth-order valence-corrected chi connectivity index (χ4v) is 2.13. The maximum Gasteiger partial charge on any atom is 0.242 e. The average Bonchev–Trinajstić information content (AvgIpc) is 2.49. The van der Waals surface area contributed by atoms with Gasteiger partial charge < -0.3 is 20.7 Å². The Morgan fingerprint density at radius 2 is 2.19 bits per heavy atom. The zero-order valence-corrected chi connectivity index (χ0v) is 13.1. The number of hydrogen-bond donors (Lipinski definition) is 2. The second-order valence-electron chi connectivity index (χ2n) is 4.89. The summed E-state index contributed by atoms with van der Waals surface area (Å²) in [6.07, 6.45) is 3.34. The van der Waals surface area contributed by atoms with Crippen LogP contribution in [0.1, 0.15) is 19.8 Å². The fraction of sp³-hybridized carbons (Fsp3) is 0.571. The van der Waals surface area contributed by atoms with Crippen molar-refractivity contribution >= 4 is 29.8 Å². The van der Waals surface area contributed by atoms with Crippen molar-refractivity contribution in [3.8, 4) is 0 Å². The first-order chi connectivity index (χ1) is 9.70. The van der Waals surface area contributed by atoms with Gasteiger partial charge in [-0.2, -0.15) is 0 Å². The molecule has 1 aromatic heterocycles. The van der Waals surface area contributed by atoms with Crippen molar-refractivity contribution in [3.63, 3.8) is 0 Å². The predicted molar refractivity (Wildman–Crippen MR) is 86.0 cm³/mol. The Bertz CT molecular complexity index is 435. The molecule has 1 atom stereocenters. The smallest absolute Gasteiger partial charge is 0.242 e. The molecule has 1 aliphatic rings. The third kappa shape index (κ3) is 5.15. The fourth-order valence-electron chi connectivity index (χ4n) is 2.13. The van der Waals surface area contributed by atoms with E-state index < -0.39 is 6.04 Å². The molecule has 0 aromatic carbocycles. The molecule has 0 radical (unpaired) electrons. The second kappa shape index (κ2) is 8.81. The third-order valence-corrected chi connectivity index (χ3v) is 3.31. The Morgan fingerprint density at radius 3 is 2.76 bits per heavy atom. The van der Waals surface area contributed by atoms with E-state index in [1.807, 2.05) is 13.0 Å². The highest BCUT2D eigenvalue weighted by Gasteiger charge is 2.14. The Labute approximate surface area is 131 Å². The minimum atomic E-state index is -0.472. The molecule has 6 nitrogen and oxygen atoms in total. The highest BCUT2D eigenvalue weighted by molar-refractivity contribution is 5.93. The van der Waals surface area contributed by atoms with Gasteiger partial charge in [0, 0.05) is 13.1 Å². The largest absolute Gasteiger partial charge is 0.378 e. The SMILES string of the molecule is CCCC(N)C(=O)Nc1ccc(N2CCOCC2)cn1.Cl. The number of ether oxygens (including phenoxy) is 1. The van der Waals surface area contributed by atoms with Gasteiger partial charge in [0.05, 0.1) is 31.1 Å². The van der Waals surface area contributed by atoms with Crippen LogP contribution in [0.4, 0.5) is 11.5 Å². The minimum absolute atomic E-state index is 0. The standard InChI is InChI=1S/C14H22N4O2.ClH/c1-2-3-12(15)14(19)17-13-5-4-11(10-16-13)18-6-8-20-9-7-18;/h4-5,10,12H,2-3,6-9,15H2,1H3,(H,16,17,19);1H. The number of nitrogens with one attached hydrogen (secondary N) is 1. The topological polar surface area (TPSA) is 80.5 Å². The summed E-state index contributed by atoms with van der Waals surface area (Å²) in [5.74, 6) is 0.358. The molecule has 1 aromatic rings. The average molecular weight is 315 g/mol. The van der Waals surface area contributed by atoms with Gasteiger partial charge in [0.2, 0.25) is 5.91 Å². The van der Waals surface area contributed by atoms with Crippen LogP contribution in [0.3, 0.4) is 0 Å². The Hall–Kier alpha value is -1.37. The lowest BCUT2D eigenvalue weighted by molar-refractivity contribution is -0.117. The van der Waals surface area contributed by atoms with E-state index in [4.69, 9.17) is 10.5 Å². The molecule has 1 unspecified atom stereocenters. The highest BCUT2D eigenvalue weighted by Crippen LogP contribution is 2.16. The predicted octanol–water partition coefficient (Wildman–Crippen LogP) is 1.41. The van der Waals surface area contributed by atoms with Crippen LogP contribution in [0.25, 0.3) is 0 Å². The van der Waals surface area contributed by atoms with Crippen LogP contribution in [0.2, 0.25) is 0 Å². The van der Waals surface area contributed by atoms with Gasteiger partial charge in [-0.05, 0) is 18.6 Å². The number of nitrogens with zero attached hydrogens (tertiary/aromatic N) is 2. The van der Waals surface area contributed by atoms with Crippen LogP contribution in [0, 0.1) is 0 Å². The molecule has 21 heavy (non-hydrogen) atoms. The van der Waals surface area contributed by atoms with Gasteiger partial charge in [-0.15, -0.1) is 12.4 Å². The van der Waals surface area contributed by atoms with Gasteiger partial charge in [-0.3, -0.25) is 4.79 Å². The molecule has 0 aliphatic carbocycles. The summed E-state index contributed by atoms with van der Waals surface area (Å²) in [4.78, 5) is 18.3. The van der Waals surface area contributed by atoms with E-state index in [0.717, 1.165) is 38.4 Å². The molecule has 0 bridgehead atoms. The summed E-state index contributed by atoms with van der Waals surface area (Å²) in [5, 5.41) is 2.74. The lowest BCUT2D eigenvalue weighted by Gasteiger charge is -2.28. The minimum Gasteiger partial charge on any atom is -0.378 e. The molecule has 0 spiro atoms. The Balaban J connectivity index is 0.00000220. The number of carbonyl (C=O) groups is 1. The molecule has 118 valence electrons. The number of hydrogen-bond acceptors (Lipinski definition) is 5. The van der Waals surface area contributed by atoms with Crippen molar-refractivity contribution in [3.05, 3.63) is 18.3 Å². The van der Waals surface area contributed by atoms with Gasteiger partial charge in [-0.25, -0.2) is 4.98 Å². The summed E-state index contributed by atoms with van der Waals surface area (Å²) in [5.41, 5.74) is 6.81. The van der Waals surface area contributed by atoms with Crippen molar-refractivity contribution < 1.29 is 9.53 Å². The van der Waals surface area contributed by atoms with E-state index in [9.17, 15) is 4.79 Å². The quantitative estimate of drug-likeness (QED) is 0.859. The number of anilines is 2. The summed E-state index contributed by atoms with van der Waals surface area (Å²) < 4.78 is 5.31. The van der Waals surface area contributed by atoms with Crippen molar-refractivity contribution in [2.75, 3.05) is 36.5 Å². The number of aromatic nitrogens is 1. The van der Waals surface area contributed by atoms with Gasteiger partial charge >= 0.3 is 0 Å². The first-order valence-electron chi connectivity index (χ1n) is 7.06. The van der Waals surface area contributed by atoms with Gasteiger partial charge in [0.1, 0.15) is 5.82 Å². The first-order valence-corrected chi connectivity index (χ1v) is 7.06. The Morgan fingerprint density at radius 1 is 1.48 bits per heavy atom. The zero-order chi connectivity index (χ0) is 14.4. The molecule has 2 rings (SSSR count). The normalized spacial score (nSPS) is 16.0. The summed E-state index contributed by atoms with van der Waals surface area (Å²) in [7, 11) is 0. The maximum atomic E-state index is 11.8. The van der Waals surface area contributed by atoms with Gasteiger partial charge in [-0.1, -0.05) is 13.3 Å². The van der Waals surface area contributed by atoms with E-state index in [1.165, 1.54) is 0 Å². The van der Waals surface area contributed by atoms with E-state index >= 15 is 0 Å². The van der Waals surface area contributed by atoms with Crippen molar-refractivity contribution in [2.24, 2.45) is 5.73 Å². The van der Waals surface area contributed by atoms with Crippen LogP contribution in [-0.2, 0) is 9.53 Å². The first kappa shape index (κ1) is 17.7. The van der Waals surface area contributed by atoms with Gasteiger partial charge in [0.15, 0.2) is 0 Å². The van der Waals surface area contributed by atoms with Crippen LogP contribution >= 0.6 is 12.4 Å². The number of rotatable bonds is 5. The van der Waals surface area contributed by atoms with E-state index in [-0.39, 0.29) is 18.3 Å². The highest BCUT2D eigenvalue weighted by atomic mass is 35.5. The van der Waals surface area contributed by atoms with Crippen LogP contribution in [0.15, 0.2) is 18.3 Å². The number of pyridine rings is 1. The zero-order valence-electron chi connectivity index (χ0n) is 12.2. The van der Waals surface area contributed by atoms with Gasteiger partial charge in [0.25, 0.3) is 0 Å². The molecule has 1 amide bonds. The van der Waals surface area contributed by atoms with Crippen LogP contribution in [-0.4, -0.2) is 43.2 Å². The maximum absolute atomic E-state index is 11.8. The van der Waals surface area contributed by atoms with Crippen LogP contribution in [0.5, 0.6) is 0 Å². The molecule has 7 heteroatoms. The van der Waals surface area contributed by atoms with Crippen LogP contribution < -0.4 is 16.0 Å². The number of carbonyl (C=O) groups excluding carboxylic acids is 1. The molecule has 2 heterocycles. The van der Waals surface area contributed by atoms with E-state index in [1.54, 1.807) is 12.3 Å². The molecule has 3 N–H and O–H groups in total. The second-order valence-corrected chi connectivity index (χ2v) is 4.89. The number of morpholine rings is 1. The van der Waals surface area contributed by atoms with Crippen molar-refractivity contribution in [1.82, 2.24) is 4.98 Å². The van der Waals surface area contributed by atoms with Crippen molar-refractivity contribution in [1.29, 1.82) is 0 Å². The molecular formula is C14H23ClN4O2. The van der Waals surface area contributed by atoms with E-state index in [0.29, 0.717) is 12.2 Å². The summed E-state index contributed by atoms with van der Waals surface area (Å²) >= 11 is 0. The summed E-state index contributed by atoms with van der Waals surface area (Å²) in [6, 6.07) is 3.29. The number of amides is 1. The molecule has 0 saturated carbocycles. The lowest BCUT2D eigenvalue weighted by atomic mass is 10.2. The Kier molecular flexibility index (Phi) is 7.42. The molecular weight excluding hydrogens is 292 g/mol. The third-order valence-electron chi connectivity index (χ3n) is 3.31. The number of nitrogens with two attached hydrogens (primary N) is 1. The monoisotopic (exact) mass is 314 g/mol. The lowest BCUT2D eigenvalue weighted by Crippen LogP contribution is -2.36. The number of halogens is 1. The van der Waals surface area contributed by atoms with E-state index in [2.05, 4.69) is 15.2 Å². The summed E-state index contributed by atoms with van der Waals surface area (Å²) in [6.45, 7) is 5.22. The molecule has 1 aliphatic heterocycles. The van der Waals surface area contributed by atoms with Crippen molar-refractivity contribution in [2.45, 2.75) is 25.8 Å².